The normalized spacial score (nSPS) is 12.0. The average molecular weight is 151 g/mol. The van der Waals surface area contributed by atoms with Crippen LogP contribution in [0.1, 0.15) is 13.8 Å². The first-order chi connectivity index (χ1) is 4.09. The molecule has 0 bridgehead atoms. The van der Waals surface area contributed by atoms with E-state index in [-0.39, 0.29) is 0 Å². The quantitative estimate of drug-likeness (QED) is 0.341. The Morgan fingerprint density at radius 2 is 1.78 bits per heavy atom. The fraction of sp³-hybridized carbons (Fsp3) is 1.00. The summed E-state index contributed by atoms with van der Waals surface area (Å²) in [5.41, 5.74) is 0. The molecule has 0 aliphatic carbocycles. The molecule has 0 saturated carbocycles. The van der Waals surface area contributed by atoms with Gasteiger partial charge in [-0.1, -0.05) is 0 Å². The Labute approximate surface area is 62.4 Å². The van der Waals surface area contributed by atoms with Gasteiger partial charge in [-0.25, -0.2) is 10.0 Å². The van der Waals surface area contributed by atoms with Crippen LogP contribution < -0.4 is 0 Å². The van der Waals surface area contributed by atoms with Crippen LogP contribution in [0, 0.1) is 0 Å². The Kier molecular flexibility index (Phi) is 4.19. The summed E-state index contributed by atoms with van der Waals surface area (Å²) in [6.45, 7) is 4.23. The van der Waals surface area contributed by atoms with E-state index in [1.54, 1.807) is 0 Å². The molecule has 2 nitrogen and oxygen atoms in total. The molecule has 0 aromatic heterocycles. The monoisotopic (exact) mass is 150 g/mol. The summed E-state index contributed by atoms with van der Waals surface area (Å²) < 4.78 is 0. The highest BCUT2D eigenvalue weighted by molar-refractivity contribution is 6.17. The van der Waals surface area contributed by atoms with Crippen molar-refractivity contribution in [3.05, 3.63) is 0 Å². The molecule has 0 aromatic rings. The average Bonchev–Trinajstić information content (AvgIpc) is 1.64. The Bertz CT molecular complexity index is 65.5. The Hall–Kier alpha value is 0.210. The summed E-state index contributed by atoms with van der Waals surface area (Å²) in [6.07, 6.45) is 0. The number of halogens is 1. The number of hydrogen-bond donors (Lipinski definition) is 0. The van der Waals surface area contributed by atoms with Gasteiger partial charge < -0.3 is 0 Å². The van der Waals surface area contributed by atoms with Crippen LogP contribution >= 0.6 is 11.6 Å². The lowest BCUT2D eigenvalue weighted by Crippen LogP contribution is -2.40. The van der Waals surface area contributed by atoms with Gasteiger partial charge in [0.1, 0.15) is 0 Å². The Morgan fingerprint density at radius 3 is 1.78 bits per heavy atom. The molecule has 0 fully saturated rings. The van der Waals surface area contributed by atoms with Gasteiger partial charge >= 0.3 is 0 Å². The van der Waals surface area contributed by atoms with E-state index in [9.17, 15) is 0 Å². The summed E-state index contributed by atoms with van der Waals surface area (Å²) >= 11 is 5.64. The molecule has 0 aliphatic rings. The maximum Gasteiger partial charge on any atom is 0.0879 e. The second-order valence-electron chi connectivity index (χ2n) is 2.50. The van der Waals surface area contributed by atoms with Gasteiger partial charge in [-0.15, -0.1) is 11.6 Å². The molecule has 0 amide bonds. The van der Waals surface area contributed by atoms with Gasteiger partial charge in [0.05, 0.1) is 6.00 Å². The summed E-state index contributed by atoms with van der Waals surface area (Å²) in [6, 6.07) is 1.04. The van der Waals surface area contributed by atoms with Crippen LogP contribution in [0.3, 0.4) is 0 Å². The maximum absolute atomic E-state index is 5.64. The predicted molar refractivity (Wildman–Crippen MR) is 41.4 cm³/mol. The summed E-state index contributed by atoms with van der Waals surface area (Å²) in [7, 11) is 3.98. The third-order valence-electron chi connectivity index (χ3n) is 1.23. The van der Waals surface area contributed by atoms with E-state index in [1.165, 1.54) is 0 Å². The molecular formula is C6H15ClN2. The third-order valence-corrected chi connectivity index (χ3v) is 1.48. The van der Waals surface area contributed by atoms with Crippen molar-refractivity contribution in [2.45, 2.75) is 19.9 Å². The van der Waals surface area contributed by atoms with E-state index in [2.05, 4.69) is 18.9 Å². The maximum atomic E-state index is 5.64. The molecule has 0 aromatic carbocycles. The molecule has 56 valence electrons. The zero-order valence-corrected chi connectivity index (χ0v) is 7.31. The van der Waals surface area contributed by atoms with Crippen LogP contribution in [-0.4, -0.2) is 36.2 Å². The van der Waals surface area contributed by atoms with E-state index in [4.69, 9.17) is 11.6 Å². The lowest BCUT2D eigenvalue weighted by molar-refractivity contribution is 0.0149. The van der Waals surface area contributed by atoms with E-state index in [0.717, 1.165) is 0 Å². The van der Waals surface area contributed by atoms with Crippen molar-refractivity contribution in [3.63, 3.8) is 0 Å². The van der Waals surface area contributed by atoms with Gasteiger partial charge in [0.15, 0.2) is 0 Å². The van der Waals surface area contributed by atoms with Gasteiger partial charge in [0.2, 0.25) is 0 Å². The SMILES string of the molecule is CC(C)N(CCl)N(C)C. The van der Waals surface area contributed by atoms with Gasteiger partial charge in [-0.3, -0.25) is 0 Å². The van der Waals surface area contributed by atoms with Crippen LogP contribution in [-0.2, 0) is 0 Å². The van der Waals surface area contributed by atoms with Gasteiger partial charge in [0, 0.05) is 20.1 Å². The van der Waals surface area contributed by atoms with Crippen LogP contribution in [0.5, 0.6) is 0 Å². The first-order valence-electron chi connectivity index (χ1n) is 3.09. The van der Waals surface area contributed by atoms with Crippen molar-refractivity contribution in [2.75, 3.05) is 20.1 Å². The van der Waals surface area contributed by atoms with Crippen LogP contribution in [0.2, 0.25) is 0 Å². The second-order valence-corrected chi connectivity index (χ2v) is 2.74. The van der Waals surface area contributed by atoms with Crippen molar-refractivity contribution in [1.29, 1.82) is 0 Å². The lowest BCUT2D eigenvalue weighted by Gasteiger charge is -2.29. The van der Waals surface area contributed by atoms with Gasteiger partial charge in [-0.2, -0.15) is 0 Å². The fourth-order valence-electron chi connectivity index (χ4n) is 0.707. The van der Waals surface area contributed by atoms with E-state index in [1.807, 2.05) is 19.1 Å². The van der Waals surface area contributed by atoms with Gasteiger partial charge in [-0.05, 0) is 13.8 Å². The molecule has 0 atom stereocenters. The first-order valence-corrected chi connectivity index (χ1v) is 3.63. The van der Waals surface area contributed by atoms with Crippen molar-refractivity contribution in [2.24, 2.45) is 0 Å². The number of rotatable bonds is 3. The Balaban J connectivity index is 3.68. The van der Waals surface area contributed by atoms with E-state index < -0.39 is 0 Å². The van der Waals surface area contributed by atoms with Crippen molar-refractivity contribution in [1.82, 2.24) is 10.0 Å². The summed E-state index contributed by atoms with van der Waals surface area (Å²) in [5, 5.41) is 4.05. The predicted octanol–water partition coefficient (Wildman–Crippen LogP) is 1.37. The molecule has 0 rings (SSSR count). The number of alkyl halides is 1. The molecule has 0 saturated heterocycles. The van der Waals surface area contributed by atoms with Crippen molar-refractivity contribution >= 4 is 11.6 Å². The van der Waals surface area contributed by atoms with Crippen molar-refractivity contribution in [3.8, 4) is 0 Å². The Morgan fingerprint density at radius 1 is 1.33 bits per heavy atom. The largest absolute Gasteiger partial charge is 0.247 e. The first kappa shape index (κ1) is 9.21. The zero-order valence-electron chi connectivity index (χ0n) is 6.56. The minimum atomic E-state index is 0.484. The minimum Gasteiger partial charge on any atom is -0.247 e. The number of hydrazine groups is 1. The third kappa shape index (κ3) is 3.04. The highest BCUT2D eigenvalue weighted by Crippen LogP contribution is 2.00. The molecule has 3 heteroatoms. The molecule has 0 aliphatic heterocycles. The topological polar surface area (TPSA) is 6.48 Å². The minimum absolute atomic E-state index is 0.484. The van der Waals surface area contributed by atoms with Gasteiger partial charge in [0.25, 0.3) is 0 Å². The van der Waals surface area contributed by atoms with Crippen LogP contribution in [0.15, 0.2) is 0 Å². The zero-order chi connectivity index (χ0) is 7.44. The molecule has 0 spiro atoms. The van der Waals surface area contributed by atoms with E-state index in [0.29, 0.717) is 12.0 Å². The summed E-state index contributed by atoms with van der Waals surface area (Å²) in [5.74, 6) is 0. The molecular weight excluding hydrogens is 136 g/mol. The highest BCUT2D eigenvalue weighted by Gasteiger charge is 2.08. The number of nitrogens with zero attached hydrogens (tertiary/aromatic N) is 2. The van der Waals surface area contributed by atoms with Crippen LogP contribution in [0.4, 0.5) is 0 Å². The smallest absolute Gasteiger partial charge is 0.0879 e. The number of hydrogen-bond acceptors (Lipinski definition) is 2. The lowest BCUT2D eigenvalue weighted by atomic mass is 10.4. The van der Waals surface area contributed by atoms with Crippen molar-refractivity contribution < 1.29 is 0 Å². The standard InChI is InChI=1S/C6H15ClN2/c1-6(2)9(5-7)8(3)4/h6H,5H2,1-4H3. The van der Waals surface area contributed by atoms with Crippen LogP contribution in [0.25, 0.3) is 0 Å². The second kappa shape index (κ2) is 4.09. The highest BCUT2D eigenvalue weighted by atomic mass is 35.5. The molecule has 0 radical (unpaired) electrons. The summed E-state index contributed by atoms with van der Waals surface area (Å²) in [4.78, 5) is 0. The molecule has 9 heavy (non-hydrogen) atoms. The molecule has 0 unspecified atom stereocenters. The fourth-order valence-corrected chi connectivity index (χ4v) is 1.20. The van der Waals surface area contributed by atoms with E-state index >= 15 is 0 Å². The molecule has 0 N–H and O–H groups in total. The molecule has 0 heterocycles.